The first-order chi connectivity index (χ1) is 28.2. The Balaban J connectivity index is 1.22. The summed E-state index contributed by atoms with van der Waals surface area (Å²) in [5, 5.41) is 13.1. The maximum absolute atomic E-state index is 14.5. The number of halogens is 1. The normalized spacial score (nSPS) is 23.8. The number of aryl methyl sites for hydroxylation is 1. The first-order valence-electron chi connectivity index (χ1n) is 21.2. The first-order valence-corrected chi connectivity index (χ1v) is 25.1. The van der Waals surface area contributed by atoms with Crippen molar-refractivity contribution in [3.8, 4) is 5.75 Å². The van der Waals surface area contributed by atoms with E-state index < -0.39 is 41.7 Å². The van der Waals surface area contributed by atoms with Gasteiger partial charge >= 0.3 is 0 Å². The Kier molecular flexibility index (Phi) is 13.4. The third-order valence-corrected chi connectivity index (χ3v) is 19.8. The van der Waals surface area contributed by atoms with Crippen LogP contribution in [0.15, 0.2) is 109 Å². The molecule has 4 aromatic carbocycles. The van der Waals surface area contributed by atoms with Gasteiger partial charge in [0.2, 0.25) is 10.0 Å². The maximum Gasteiger partial charge on any atom is 0.264 e. The zero-order valence-corrected chi connectivity index (χ0v) is 37.4. The molecule has 11 heteroatoms. The highest BCUT2D eigenvalue weighted by Gasteiger charge is 2.51. The van der Waals surface area contributed by atoms with Crippen molar-refractivity contribution in [2.24, 2.45) is 11.8 Å². The number of nitrogens with zero attached hydrogens (tertiary/aromatic N) is 1. The summed E-state index contributed by atoms with van der Waals surface area (Å²) < 4.78 is 45.3. The number of ether oxygens (including phenoxy) is 1. The number of aliphatic hydroxyl groups excluding tert-OH is 1. The van der Waals surface area contributed by atoms with Crippen LogP contribution in [0.25, 0.3) is 0 Å². The minimum atomic E-state index is -4.20. The van der Waals surface area contributed by atoms with E-state index in [0.717, 1.165) is 65.8 Å². The molecule has 1 aliphatic carbocycles. The topological polar surface area (TPSA) is 105 Å². The molecule has 1 amide bonds. The van der Waals surface area contributed by atoms with E-state index in [0.29, 0.717) is 30.3 Å². The Hall–Kier alpha value is -3.93. The van der Waals surface area contributed by atoms with E-state index in [1.807, 2.05) is 73.7 Å². The number of anilines is 1. The van der Waals surface area contributed by atoms with Gasteiger partial charge in [0.1, 0.15) is 12.4 Å². The van der Waals surface area contributed by atoms with Crippen LogP contribution in [-0.2, 0) is 27.5 Å². The van der Waals surface area contributed by atoms with Crippen molar-refractivity contribution in [3.05, 3.63) is 131 Å². The van der Waals surface area contributed by atoms with Gasteiger partial charge in [0.25, 0.3) is 14.2 Å². The van der Waals surface area contributed by atoms with Gasteiger partial charge in [-0.25, -0.2) is 13.1 Å². The molecule has 1 unspecified atom stereocenters. The van der Waals surface area contributed by atoms with Crippen LogP contribution < -0.4 is 24.7 Å². The molecule has 0 aromatic heterocycles. The van der Waals surface area contributed by atoms with Crippen molar-refractivity contribution < 1.29 is 27.5 Å². The molecule has 314 valence electrons. The van der Waals surface area contributed by atoms with Crippen molar-refractivity contribution in [3.63, 3.8) is 0 Å². The minimum Gasteiger partial charge on any atom is -0.487 e. The van der Waals surface area contributed by atoms with Crippen LogP contribution in [0.2, 0.25) is 10.1 Å². The monoisotopic (exact) mass is 854 g/mol. The van der Waals surface area contributed by atoms with Crippen LogP contribution in [0, 0.1) is 11.8 Å². The lowest BCUT2D eigenvalue weighted by atomic mass is 9.70. The van der Waals surface area contributed by atoms with Gasteiger partial charge in [-0.1, -0.05) is 111 Å². The Morgan fingerprint density at radius 2 is 1.64 bits per heavy atom. The summed E-state index contributed by atoms with van der Waals surface area (Å²) in [4.78, 5) is 16.4. The number of benzene rings is 4. The number of amides is 1. The van der Waals surface area contributed by atoms with Crippen LogP contribution in [0.4, 0.5) is 5.69 Å². The average Bonchev–Trinajstić information content (AvgIpc) is 3.22. The largest absolute Gasteiger partial charge is 0.487 e. The predicted octanol–water partition coefficient (Wildman–Crippen LogP) is 8.58. The van der Waals surface area contributed by atoms with E-state index in [2.05, 4.69) is 54.7 Å². The minimum absolute atomic E-state index is 0.0824. The number of hydrogen-bond donors (Lipinski definition) is 2. The quantitative estimate of drug-likeness (QED) is 0.148. The van der Waals surface area contributed by atoms with Gasteiger partial charge < -0.3 is 19.2 Å². The van der Waals surface area contributed by atoms with Crippen LogP contribution >= 0.6 is 11.6 Å². The molecular weight excluding hydrogens is 796 g/mol. The zero-order valence-electron chi connectivity index (χ0n) is 34.8. The average molecular weight is 856 g/mol. The molecule has 2 N–H and O–H groups in total. The van der Waals surface area contributed by atoms with Crippen LogP contribution in [-0.4, -0.2) is 58.3 Å². The number of carbonyl (C=O) groups excluding carboxylic acids is 1. The number of carbonyl (C=O) groups is 1. The van der Waals surface area contributed by atoms with E-state index in [4.69, 9.17) is 20.8 Å². The van der Waals surface area contributed by atoms with Crippen molar-refractivity contribution in [2.45, 2.75) is 108 Å². The van der Waals surface area contributed by atoms with Gasteiger partial charge in [0, 0.05) is 29.8 Å². The Morgan fingerprint density at radius 1 is 0.932 bits per heavy atom. The molecule has 0 radical (unpaired) electrons. The second kappa shape index (κ2) is 18.4. The summed E-state index contributed by atoms with van der Waals surface area (Å²) in [7, 11) is -7.20. The number of fused-ring (bicyclic) bond motifs is 3. The highest BCUT2D eigenvalue weighted by molar-refractivity contribution is 7.90. The molecule has 4 aromatic rings. The highest BCUT2D eigenvalue weighted by Crippen LogP contribution is 2.42. The van der Waals surface area contributed by atoms with Crippen molar-refractivity contribution in [2.75, 3.05) is 18.0 Å². The van der Waals surface area contributed by atoms with Crippen LogP contribution in [0.5, 0.6) is 5.75 Å². The van der Waals surface area contributed by atoms with Crippen LogP contribution in [0.1, 0.15) is 94.1 Å². The summed E-state index contributed by atoms with van der Waals surface area (Å²) in [6, 6.07) is 31.7. The lowest BCUT2D eigenvalue weighted by Crippen LogP contribution is -2.67. The van der Waals surface area contributed by atoms with Gasteiger partial charge in [-0.15, -0.1) is 0 Å². The smallest absolute Gasteiger partial charge is 0.264 e. The predicted molar refractivity (Wildman–Crippen MR) is 241 cm³/mol. The summed E-state index contributed by atoms with van der Waals surface area (Å²) in [6.07, 6.45) is 8.11. The Labute approximate surface area is 357 Å². The van der Waals surface area contributed by atoms with Gasteiger partial charge in [-0.05, 0) is 127 Å². The Bertz CT molecular complexity index is 2170. The van der Waals surface area contributed by atoms with Gasteiger partial charge in [-0.3, -0.25) is 4.79 Å². The molecule has 3 aliphatic rings. The summed E-state index contributed by atoms with van der Waals surface area (Å²) >= 11 is 6.39. The zero-order chi connectivity index (χ0) is 41.8. The lowest BCUT2D eigenvalue weighted by Gasteiger charge is -2.45. The van der Waals surface area contributed by atoms with E-state index in [-0.39, 0.29) is 35.3 Å². The van der Waals surface area contributed by atoms with Gasteiger partial charge in [0.05, 0.1) is 17.0 Å². The fourth-order valence-corrected chi connectivity index (χ4v) is 15.8. The number of allylic oxidation sites excluding steroid dienone is 1. The maximum atomic E-state index is 14.5. The molecule has 5 atom stereocenters. The molecule has 2 aliphatic heterocycles. The molecule has 2 bridgehead atoms. The molecule has 59 heavy (non-hydrogen) atoms. The lowest BCUT2D eigenvalue weighted by molar-refractivity contribution is 0.0461. The van der Waals surface area contributed by atoms with E-state index in [1.165, 1.54) is 0 Å². The Morgan fingerprint density at radius 3 is 2.31 bits per heavy atom. The molecule has 8 nitrogen and oxygen atoms in total. The third-order valence-electron chi connectivity index (χ3n) is 12.7. The van der Waals surface area contributed by atoms with Crippen molar-refractivity contribution in [1.29, 1.82) is 0 Å². The van der Waals surface area contributed by atoms with Gasteiger partial charge in [-0.2, -0.15) is 0 Å². The van der Waals surface area contributed by atoms with Crippen molar-refractivity contribution >= 4 is 51.9 Å². The summed E-state index contributed by atoms with van der Waals surface area (Å²) in [6.45, 7) is 10.3. The molecule has 0 saturated heterocycles. The van der Waals surface area contributed by atoms with Gasteiger partial charge in [0.15, 0.2) is 0 Å². The van der Waals surface area contributed by atoms with E-state index >= 15 is 0 Å². The number of aliphatic hydroxyl groups is 1. The molecule has 7 rings (SSSR count). The molecule has 2 heterocycles. The van der Waals surface area contributed by atoms with E-state index in [9.17, 15) is 18.3 Å². The summed E-state index contributed by atoms with van der Waals surface area (Å²) in [5.74, 6) is 0.282. The molecule has 1 saturated carbocycles. The SMILES string of the molecule is C[C@H](C[C@H]1CC/C=C/C(O)[C@@H]2CC[C@H]2CN2CCCCc3cc(Cl)ccc3COc3ccc(cc32)C(=O)NS1(=O)=O)O[Si](c1ccccc1)(c1ccccc1)C(C)(C)C. The fraction of sp³-hybridized carbons (Fsp3) is 0.438. The fourth-order valence-electron chi connectivity index (χ4n) is 9.38. The standard InChI is InChI=1S/C48H59ClN2O6SSi/c1-34(57-59(48(2,3)4,41-17-7-5-8-18-41)42-19-9-6-10-20-42)29-40-16-11-12-21-45(52)43-26-23-37(43)32-51-28-14-13-15-35-30-39(49)25-22-38(35)33-56-46-27-24-36(31-44(46)51)47(53)50-58(40,54)55/h5-10,12,17-22,24-25,27,30-31,34,37,40,43,45,52H,11,13-16,23,26,28-29,32-33H2,1-4H3,(H,50,53)/b21-12+/t34-,37+,40-,43-,45?/m1/s1. The first kappa shape index (κ1) is 43.2. The highest BCUT2D eigenvalue weighted by atomic mass is 35.5. The second-order valence-corrected chi connectivity index (χ2v) is 24.4. The summed E-state index contributed by atoms with van der Waals surface area (Å²) in [5.41, 5.74) is 3.22. The molecular formula is C48H59ClN2O6SSi. The third kappa shape index (κ3) is 9.68. The van der Waals surface area contributed by atoms with Crippen LogP contribution in [0.3, 0.4) is 0 Å². The molecule has 1 fully saturated rings. The van der Waals surface area contributed by atoms with Crippen molar-refractivity contribution in [1.82, 2.24) is 4.72 Å². The number of sulfonamides is 1. The number of hydrogen-bond acceptors (Lipinski definition) is 7. The molecule has 0 spiro atoms. The van der Waals surface area contributed by atoms with E-state index in [1.54, 1.807) is 18.2 Å². The second-order valence-electron chi connectivity index (χ2n) is 17.7. The number of nitrogens with one attached hydrogen (secondary N) is 1. The number of rotatable bonds is 6.